The number of fused-ring (bicyclic) bond motifs is 1. The van der Waals surface area contributed by atoms with Gasteiger partial charge in [0.2, 0.25) is 5.91 Å². The van der Waals surface area contributed by atoms with Crippen molar-refractivity contribution in [3.05, 3.63) is 29.8 Å². The molecular formula is C14H17N3O2. The van der Waals surface area contributed by atoms with Crippen molar-refractivity contribution in [2.24, 2.45) is 28.6 Å². The van der Waals surface area contributed by atoms with E-state index in [1.165, 1.54) is 19.3 Å². The maximum absolute atomic E-state index is 12.2. The average Bonchev–Trinajstić information content (AvgIpc) is 2.92. The van der Waals surface area contributed by atoms with Crippen LogP contribution >= 0.6 is 0 Å². The van der Waals surface area contributed by atoms with E-state index in [0.717, 1.165) is 0 Å². The van der Waals surface area contributed by atoms with Crippen molar-refractivity contribution in [2.75, 3.05) is 5.32 Å². The SMILES string of the molecule is N/C(=N/O)c1ccccc1NC(=O)C1C2CCCC21. The molecule has 2 aliphatic carbocycles. The molecule has 0 aliphatic heterocycles. The maximum Gasteiger partial charge on any atom is 0.228 e. The Morgan fingerprint density at radius 2 is 2.00 bits per heavy atom. The van der Waals surface area contributed by atoms with Crippen LogP contribution in [0.4, 0.5) is 5.69 Å². The Bertz CT molecular complexity index is 531. The Morgan fingerprint density at radius 3 is 2.68 bits per heavy atom. The maximum atomic E-state index is 12.2. The Balaban J connectivity index is 1.75. The molecule has 0 spiro atoms. The molecule has 1 aromatic carbocycles. The monoisotopic (exact) mass is 259 g/mol. The highest BCUT2D eigenvalue weighted by molar-refractivity contribution is 6.06. The fourth-order valence-electron chi connectivity index (χ4n) is 3.30. The van der Waals surface area contributed by atoms with Gasteiger partial charge in [-0.3, -0.25) is 4.79 Å². The van der Waals surface area contributed by atoms with Crippen LogP contribution in [-0.4, -0.2) is 17.0 Å². The molecule has 0 aromatic heterocycles. The van der Waals surface area contributed by atoms with Crippen LogP contribution in [0.15, 0.2) is 29.4 Å². The average molecular weight is 259 g/mol. The quantitative estimate of drug-likeness (QED) is 0.334. The van der Waals surface area contributed by atoms with Crippen LogP contribution < -0.4 is 11.1 Å². The molecule has 5 nitrogen and oxygen atoms in total. The summed E-state index contributed by atoms with van der Waals surface area (Å²) in [5.41, 5.74) is 6.75. The van der Waals surface area contributed by atoms with Crippen LogP contribution in [0.3, 0.4) is 0 Å². The van der Waals surface area contributed by atoms with Crippen LogP contribution in [0.1, 0.15) is 24.8 Å². The fraction of sp³-hybridized carbons (Fsp3) is 0.429. The van der Waals surface area contributed by atoms with Gasteiger partial charge in [0.25, 0.3) is 0 Å². The highest BCUT2D eigenvalue weighted by atomic mass is 16.4. The predicted molar refractivity (Wildman–Crippen MR) is 71.9 cm³/mol. The Kier molecular flexibility index (Phi) is 2.89. The third kappa shape index (κ3) is 2.05. The summed E-state index contributed by atoms with van der Waals surface area (Å²) in [5, 5.41) is 14.6. The number of amidine groups is 1. The molecule has 2 saturated carbocycles. The van der Waals surface area contributed by atoms with Gasteiger partial charge in [-0.2, -0.15) is 0 Å². The van der Waals surface area contributed by atoms with Gasteiger partial charge < -0.3 is 16.3 Å². The Hall–Kier alpha value is -2.04. The predicted octanol–water partition coefficient (Wildman–Crippen LogP) is 1.77. The molecule has 19 heavy (non-hydrogen) atoms. The van der Waals surface area contributed by atoms with Crippen molar-refractivity contribution in [3.63, 3.8) is 0 Å². The number of anilines is 1. The minimum atomic E-state index is 0.00638. The number of amides is 1. The molecule has 0 saturated heterocycles. The molecule has 100 valence electrons. The number of para-hydroxylation sites is 1. The van der Waals surface area contributed by atoms with Crippen LogP contribution in [0.2, 0.25) is 0 Å². The zero-order valence-electron chi connectivity index (χ0n) is 10.5. The van der Waals surface area contributed by atoms with Gasteiger partial charge in [-0.25, -0.2) is 0 Å². The van der Waals surface area contributed by atoms with E-state index >= 15 is 0 Å². The lowest BCUT2D eigenvalue weighted by Gasteiger charge is -2.10. The van der Waals surface area contributed by atoms with Crippen molar-refractivity contribution in [2.45, 2.75) is 19.3 Å². The lowest BCUT2D eigenvalue weighted by Crippen LogP contribution is -2.21. The molecule has 4 N–H and O–H groups in total. The second-order valence-electron chi connectivity index (χ2n) is 5.30. The zero-order valence-corrected chi connectivity index (χ0v) is 10.5. The molecule has 0 radical (unpaired) electrons. The third-order valence-electron chi connectivity index (χ3n) is 4.28. The molecule has 0 bridgehead atoms. The van der Waals surface area contributed by atoms with E-state index in [2.05, 4.69) is 10.5 Å². The van der Waals surface area contributed by atoms with Crippen molar-refractivity contribution in [1.82, 2.24) is 0 Å². The first-order valence-corrected chi connectivity index (χ1v) is 6.60. The summed E-state index contributed by atoms with van der Waals surface area (Å²) >= 11 is 0. The van der Waals surface area contributed by atoms with Crippen molar-refractivity contribution >= 4 is 17.4 Å². The van der Waals surface area contributed by atoms with Crippen LogP contribution in [-0.2, 0) is 4.79 Å². The number of hydrogen-bond donors (Lipinski definition) is 3. The van der Waals surface area contributed by atoms with Gasteiger partial charge in [0.1, 0.15) is 0 Å². The van der Waals surface area contributed by atoms with Gasteiger partial charge >= 0.3 is 0 Å². The van der Waals surface area contributed by atoms with E-state index in [1.54, 1.807) is 18.2 Å². The second-order valence-corrected chi connectivity index (χ2v) is 5.30. The number of carbonyl (C=O) groups is 1. The summed E-state index contributed by atoms with van der Waals surface area (Å²) in [6.07, 6.45) is 3.59. The molecule has 1 amide bonds. The smallest absolute Gasteiger partial charge is 0.228 e. The van der Waals surface area contributed by atoms with E-state index in [0.29, 0.717) is 23.1 Å². The number of hydrogen-bond acceptors (Lipinski definition) is 3. The first-order chi connectivity index (χ1) is 9.22. The summed E-state index contributed by atoms with van der Waals surface area (Å²) in [6, 6.07) is 7.09. The molecule has 2 fully saturated rings. The zero-order chi connectivity index (χ0) is 13.4. The number of oxime groups is 1. The van der Waals surface area contributed by atoms with E-state index in [4.69, 9.17) is 10.9 Å². The molecule has 2 atom stereocenters. The minimum absolute atomic E-state index is 0.00638. The number of carbonyl (C=O) groups excluding carboxylic acids is 1. The normalized spacial score (nSPS) is 28.8. The van der Waals surface area contributed by atoms with E-state index in [9.17, 15) is 4.79 Å². The van der Waals surface area contributed by atoms with E-state index < -0.39 is 0 Å². The number of rotatable bonds is 3. The second kappa shape index (κ2) is 4.57. The largest absolute Gasteiger partial charge is 0.409 e. The highest BCUT2D eigenvalue weighted by Crippen LogP contribution is 2.57. The van der Waals surface area contributed by atoms with Gasteiger partial charge in [-0.1, -0.05) is 23.7 Å². The Morgan fingerprint density at radius 1 is 1.32 bits per heavy atom. The number of nitrogens with one attached hydrogen (secondary N) is 1. The number of nitrogens with two attached hydrogens (primary N) is 1. The van der Waals surface area contributed by atoms with Crippen molar-refractivity contribution < 1.29 is 10.0 Å². The summed E-state index contributed by atoms with van der Waals surface area (Å²) in [5.74, 6) is 1.39. The van der Waals surface area contributed by atoms with Crippen LogP contribution in [0.25, 0.3) is 0 Å². The minimum Gasteiger partial charge on any atom is -0.409 e. The molecule has 3 rings (SSSR count). The van der Waals surface area contributed by atoms with Crippen molar-refractivity contribution in [1.29, 1.82) is 0 Å². The number of nitrogens with zero attached hydrogens (tertiary/aromatic N) is 1. The molecule has 1 aromatic rings. The fourth-order valence-corrected chi connectivity index (χ4v) is 3.30. The molecule has 0 heterocycles. The first-order valence-electron chi connectivity index (χ1n) is 6.60. The first kappa shape index (κ1) is 12.0. The summed E-state index contributed by atoms with van der Waals surface area (Å²) in [6.45, 7) is 0. The number of benzene rings is 1. The van der Waals surface area contributed by atoms with Gasteiger partial charge in [0.15, 0.2) is 5.84 Å². The van der Waals surface area contributed by atoms with Crippen LogP contribution in [0, 0.1) is 17.8 Å². The molecule has 2 aliphatic rings. The van der Waals surface area contributed by atoms with Crippen molar-refractivity contribution in [3.8, 4) is 0 Å². The molecule has 2 unspecified atom stereocenters. The topological polar surface area (TPSA) is 87.7 Å². The summed E-state index contributed by atoms with van der Waals surface area (Å²) in [7, 11) is 0. The lowest BCUT2D eigenvalue weighted by molar-refractivity contribution is -0.118. The lowest BCUT2D eigenvalue weighted by atomic mass is 10.1. The summed E-state index contributed by atoms with van der Waals surface area (Å²) in [4.78, 5) is 12.2. The van der Waals surface area contributed by atoms with Gasteiger partial charge in [0.05, 0.1) is 5.69 Å². The van der Waals surface area contributed by atoms with E-state index in [1.807, 2.05) is 6.07 Å². The standard InChI is InChI=1S/C14H17N3O2/c15-13(17-19)10-4-1-2-7-11(10)16-14(18)12-8-5-3-6-9(8)12/h1-2,4,7-9,12,19H,3,5-6H2,(H2,15,17)(H,16,18). The van der Waals surface area contributed by atoms with Gasteiger partial charge in [-0.05, 0) is 36.8 Å². The highest BCUT2D eigenvalue weighted by Gasteiger charge is 2.56. The molecule has 5 heteroatoms. The van der Waals surface area contributed by atoms with E-state index in [-0.39, 0.29) is 17.7 Å². The third-order valence-corrected chi connectivity index (χ3v) is 4.28. The van der Waals surface area contributed by atoms with Crippen LogP contribution in [0.5, 0.6) is 0 Å². The van der Waals surface area contributed by atoms with Gasteiger partial charge in [0, 0.05) is 11.5 Å². The van der Waals surface area contributed by atoms with Gasteiger partial charge in [-0.15, -0.1) is 0 Å². The summed E-state index contributed by atoms with van der Waals surface area (Å²) < 4.78 is 0. The molecular weight excluding hydrogens is 242 g/mol. The Labute approximate surface area is 111 Å².